The van der Waals surface area contributed by atoms with Crippen molar-refractivity contribution in [2.45, 2.75) is 6.42 Å². The molecule has 0 aliphatic rings. The Morgan fingerprint density at radius 2 is 2.00 bits per heavy atom. The van der Waals surface area contributed by atoms with Crippen LogP contribution in [-0.4, -0.2) is 11.9 Å². The number of benzene rings is 1. The van der Waals surface area contributed by atoms with E-state index in [-0.39, 0.29) is 5.75 Å². The number of carbonyl (C=O) groups is 1. The summed E-state index contributed by atoms with van der Waals surface area (Å²) < 4.78 is 0. The SMILES string of the molecule is C#CCc1ccccc1O.C=O. The molecule has 0 bridgehead atoms. The van der Waals surface area contributed by atoms with Crippen molar-refractivity contribution in [1.82, 2.24) is 0 Å². The molecule has 2 heteroatoms. The standard InChI is InChI=1S/C9H8O.CH2O/c1-2-5-8-6-3-4-7-9(8)10;1-2/h1,3-4,6-7,10H,5H2;1H2. The molecule has 0 spiro atoms. The smallest absolute Gasteiger partial charge is 0.119 e. The largest absolute Gasteiger partial charge is 0.508 e. The van der Waals surface area contributed by atoms with Crippen molar-refractivity contribution in [2.24, 2.45) is 0 Å². The predicted octanol–water partition coefficient (Wildman–Crippen LogP) is 1.38. The van der Waals surface area contributed by atoms with Gasteiger partial charge in [0.2, 0.25) is 0 Å². The van der Waals surface area contributed by atoms with Crippen molar-refractivity contribution in [3.8, 4) is 18.1 Å². The molecule has 0 radical (unpaired) electrons. The molecule has 1 rings (SSSR count). The van der Waals surface area contributed by atoms with Gasteiger partial charge in [0.1, 0.15) is 12.5 Å². The molecule has 1 aromatic rings. The summed E-state index contributed by atoms with van der Waals surface area (Å²) in [6, 6.07) is 7.07. The Morgan fingerprint density at radius 3 is 2.50 bits per heavy atom. The normalized spacial score (nSPS) is 7.58. The first-order valence-corrected chi connectivity index (χ1v) is 3.34. The highest BCUT2D eigenvalue weighted by Crippen LogP contribution is 2.14. The van der Waals surface area contributed by atoms with Crippen LogP contribution in [-0.2, 0) is 11.2 Å². The zero-order valence-corrected chi connectivity index (χ0v) is 6.66. The molecule has 0 amide bonds. The van der Waals surface area contributed by atoms with Gasteiger partial charge >= 0.3 is 0 Å². The number of hydrogen-bond donors (Lipinski definition) is 1. The van der Waals surface area contributed by atoms with Crippen molar-refractivity contribution in [3.63, 3.8) is 0 Å². The van der Waals surface area contributed by atoms with Crippen LogP contribution < -0.4 is 0 Å². The highest BCUT2D eigenvalue weighted by atomic mass is 16.3. The monoisotopic (exact) mass is 162 g/mol. The number of aromatic hydroxyl groups is 1. The summed E-state index contributed by atoms with van der Waals surface area (Å²) in [6.07, 6.45) is 5.56. The third kappa shape index (κ3) is 2.89. The molecule has 0 saturated carbocycles. The average molecular weight is 162 g/mol. The maximum atomic E-state index is 9.15. The van der Waals surface area contributed by atoms with Crippen LogP contribution in [0.15, 0.2) is 24.3 Å². The maximum absolute atomic E-state index is 9.15. The quantitative estimate of drug-likeness (QED) is 0.633. The molecule has 0 unspecified atom stereocenters. The molecular formula is C10H10O2. The summed E-state index contributed by atoms with van der Waals surface area (Å²) in [5.41, 5.74) is 0.810. The second-order valence-electron chi connectivity index (χ2n) is 2.01. The Hall–Kier alpha value is -1.75. The van der Waals surface area contributed by atoms with Gasteiger partial charge in [-0.1, -0.05) is 18.2 Å². The number of rotatable bonds is 1. The van der Waals surface area contributed by atoms with Gasteiger partial charge < -0.3 is 9.90 Å². The van der Waals surface area contributed by atoms with Crippen LogP contribution in [0.2, 0.25) is 0 Å². The highest BCUT2D eigenvalue weighted by Gasteiger charge is 1.94. The summed E-state index contributed by atoms with van der Waals surface area (Å²) in [5, 5.41) is 9.15. The minimum absolute atomic E-state index is 0.278. The van der Waals surface area contributed by atoms with Crippen LogP contribution in [0.3, 0.4) is 0 Å². The van der Waals surface area contributed by atoms with Crippen molar-refractivity contribution < 1.29 is 9.90 Å². The molecular weight excluding hydrogens is 152 g/mol. The summed E-state index contributed by atoms with van der Waals surface area (Å²) in [6.45, 7) is 2.00. The van der Waals surface area contributed by atoms with Gasteiger partial charge in [0.15, 0.2) is 0 Å². The predicted molar refractivity (Wildman–Crippen MR) is 47.8 cm³/mol. The third-order valence-electron chi connectivity index (χ3n) is 1.28. The number of phenolic OH excluding ortho intramolecular Hbond substituents is 1. The van der Waals surface area contributed by atoms with E-state index in [9.17, 15) is 0 Å². The van der Waals surface area contributed by atoms with Gasteiger partial charge in [-0.3, -0.25) is 0 Å². The van der Waals surface area contributed by atoms with Crippen LogP contribution in [0, 0.1) is 12.3 Å². The van der Waals surface area contributed by atoms with Gasteiger partial charge in [-0.15, -0.1) is 12.3 Å². The summed E-state index contributed by atoms with van der Waals surface area (Å²) in [4.78, 5) is 8.00. The minimum Gasteiger partial charge on any atom is -0.508 e. The van der Waals surface area contributed by atoms with E-state index in [4.69, 9.17) is 16.3 Å². The number of terminal acetylenes is 1. The summed E-state index contributed by atoms with van der Waals surface area (Å²) in [7, 11) is 0. The molecule has 0 saturated heterocycles. The second kappa shape index (κ2) is 5.99. The molecule has 12 heavy (non-hydrogen) atoms. The Morgan fingerprint density at radius 1 is 1.42 bits per heavy atom. The van der Waals surface area contributed by atoms with Gasteiger partial charge in [0.25, 0.3) is 0 Å². The van der Waals surface area contributed by atoms with E-state index < -0.39 is 0 Å². The molecule has 0 aliphatic heterocycles. The van der Waals surface area contributed by atoms with E-state index in [1.807, 2.05) is 18.9 Å². The summed E-state index contributed by atoms with van der Waals surface area (Å²) in [5.74, 6) is 2.74. The Kier molecular flexibility index (Phi) is 5.12. The van der Waals surface area contributed by atoms with Crippen LogP contribution in [0.25, 0.3) is 0 Å². The molecule has 0 aromatic heterocycles. The average Bonchev–Trinajstić information content (AvgIpc) is 2.13. The van der Waals surface area contributed by atoms with Crippen LogP contribution in [0.5, 0.6) is 5.75 Å². The first-order chi connectivity index (χ1) is 5.84. The van der Waals surface area contributed by atoms with Gasteiger partial charge in [0.05, 0.1) is 0 Å². The van der Waals surface area contributed by atoms with Gasteiger partial charge in [-0.25, -0.2) is 0 Å². The van der Waals surface area contributed by atoms with E-state index in [0.717, 1.165) is 5.56 Å². The van der Waals surface area contributed by atoms with Crippen molar-refractivity contribution in [3.05, 3.63) is 29.8 Å². The lowest BCUT2D eigenvalue weighted by Gasteiger charge is -1.96. The second-order valence-corrected chi connectivity index (χ2v) is 2.01. The highest BCUT2D eigenvalue weighted by molar-refractivity contribution is 5.34. The first-order valence-electron chi connectivity index (χ1n) is 3.34. The molecule has 1 aromatic carbocycles. The Labute approximate surface area is 71.9 Å². The van der Waals surface area contributed by atoms with Gasteiger partial charge in [-0.2, -0.15) is 0 Å². The fraction of sp³-hybridized carbons (Fsp3) is 0.100. The molecule has 0 heterocycles. The molecule has 2 nitrogen and oxygen atoms in total. The number of hydrogen-bond acceptors (Lipinski definition) is 2. The van der Waals surface area contributed by atoms with Crippen molar-refractivity contribution in [2.75, 3.05) is 0 Å². The molecule has 1 N–H and O–H groups in total. The molecule has 0 fully saturated rings. The number of carbonyl (C=O) groups excluding carboxylic acids is 1. The Bertz CT molecular complexity index is 273. The van der Waals surface area contributed by atoms with Crippen molar-refractivity contribution in [1.29, 1.82) is 0 Å². The van der Waals surface area contributed by atoms with E-state index in [2.05, 4.69) is 5.92 Å². The van der Waals surface area contributed by atoms with E-state index in [1.54, 1.807) is 12.1 Å². The zero-order chi connectivity index (χ0) is 9.40. The minimum atomic E-state index is 0.278. The lowest BCUT2D eigenvalue weighted by molar-refractivity contribution is -0.0979. The zero-order valence-electron chi connectivity index (χ0n) is 6.66. The van der Waals surface area contributed by atoms with Gasteiger partial charge in [0, 0.05) is 12.0 Å². The maximum Gasteiger partial charge on any atom is 0.119 e. The Balaban J connectivity index is 0.000000561. The van der Waals surface area contributed by atoms with E-state index in [0.29, 0.717) is 6.42 Å². The lowest BCUT2D eigenvalue weighted by Crippen LogP contribution is -1.80. The molecule has 0 atom stereocenters. The van der Waals surface area contributed by atoms with E-state index >= 15 is 0 Å². The van der Waals surface area contributed by atoms with Crippen LogP contribution in [0.1, 0.15) is 5.56 Å². The van der Waals surface area contributed by atoms with Gasteiger partial charge in [-0.05, 0) is 6.07 Å². The van der Waals surface area contributed by atoms with Crippen LogP contribution >= 0.6 is 0 Å². The first kappa shape index (κ1) is 10.2. The van der Waals surface area contributed by atoms with Crippen LogP contribution in [0.4, 0.5) is 0 Å². The fourth-order valence-electron chi connectivity index (χ4n) is 0.770. The van der Waals surface area contributed by atoms with E-state index in [1.165, 1.54) is 0 Å². The topological polar surface area (TPSA) is 37.3 Å². The molecule has 62 valence electrons. The lowest BCUT2D eigenvalue weighted by atomic mass is 10.1. The third-order valence-corrected chi connectivity index (χ3v) is 1.28. The number of para-hydroxylation sites is 1. The summed E-state index contributed by atoms with van der Waals surface area (Å²) >= 11 is 0. The molecule has 0 aliphatic carbocycles. The fourth-order valence-corrected chi connectivity index (χ4v) is 0.770. The van der Waals surface area contributed by atoms with Crippen molar-refractivity contribution >= 4 is 6.79 Å². The number of phenols is 1.